The molecule has 4 N–H and O–H groups in total. The van der Waals surface area contributed by atoms with Crippen molar-refractivity contribution in [3.05, 3.63) is 72.1 Å². The van der Waals surface area contributed by atoms with Gasteiger partial charge in [0.25, 0.3) is 5.91 Å². The molecule has 1 saturated carbocycles. The highest BCUT2D eigenvalue weighted by Crippen LogP contribution is 2.51. The predicted octanol–water partition coefficient (Wildman–Crippen LogP) is 2.58. The highest BCUT2D eigenvalue weighted by atomic mass is 16.3. The molecule has 0 radical (unpaired) electrons. The molecular weight excluding hydrogens is 432 g/mol. The third-order valence-electron chi connectivity index (χ3n) is 7.34. The van der Waals surface area contributed by atoms with Gasteiger partial charge in [0.1, 0.15) is 17.4 Å². The van der Waals surface area contributed by atoms with Gasteiger partial charge in [-0.3, -0.25) is 14.4 Å². The summed E-state index contributed by atoms with van der Waals surface area (Å²) in [6.07, 6.45) is 17.1. The summed E-state index contributed by atoms with van der Waals surface area (Å²) >= 11 is 0. The number of aliphatic hydroxyl groups excluding tert-OH is 2. The van der Waals surface area contributed by atoms with Crippen LogP contribution in [0.5, 0.6) is 0 Å². The third kappa shape index (κ3) is 4.99. The van der Waals surface area contributed by atoms with E-state index in [9.17, 15) is 24.6 Å². The van der Waals surface area contributed by atoms with E-state index in [-0.39, 0.29) is 30.9 Å². The number of carbonyl (C=O) groups is 3. The van der Waals surface area contributed by atoms with Gasteiger partial charge in [-0.1, -0.05) is 54.7 Å². The van der Waals surface area contributed by atoms with Gasteiger partial charge < -0.3 is 20.8 Å². The molecule has 2 amide bonds. The molecule has 0 aromatic carbocycles. The molecule has 34 heavy (non-hydrogen) atoms. The Morgan fingerprint density at radius 3 is 2.71 bits per heavy atom. The van der Waals surface area contributed by atoms with Crippen LogP contribution < -0.4 is 10.6 Å². The first-order valence-corrected chi connectivity index (χ1v) is 12.0. The maximum atomic E-state index is 12.7. The van der Waals surface area contributed by atoms with Crippen molar-refractivity contribution in [1.29, 1.82) is 0 Å². The normalized spacial score (nSPS) is 34.7. The van der Waals surface area contributed by atoms with Gasteiger partial charge in [0, 0.05) is 19.0 Å². The second-order valence-electron chi connectivity index (χ2n) is 9.45. The van der Waals surface area contributed by atoms with Crippen LogP contribution in [0.2, 0.25) is 0 Å². The SMILES string of the molecule is C=C1C=CC2C1CC1C=CCCC(=O)C3=C(O)C(NC3=O)C(O)CCNC(=O)C=CC=CCC12. The van der Waals surface area contributed by atoms with E-state index in [0.29, 0.717) is 30.1 Å². The lowest BCUT2D eigenvalue weighted by molar-refractivity contribution is -0.122. The Kier molecular flexibility index (Phi) is 7.32. The lowest BCUT2D eigenvalue weighted by Gasteiger charge is -2.19. The summed E-state index contributed by atoms with van der Waals surface area (Å²) in [5, 5.41) is 26.0. The highest BCUT2D eigenvalue weighted by Gasteiger charge is 2.43. The average Bonchev–Trinajstić information content (AvgIpc) is 3.43. The van der Waals surface area contributed by atoms with E-state index in [2.05, 4.69) is 41.5 Å². The monoisotopic (exact) mass is 464 g/mol. The average molecular weight is 465 g/mol. The van der Waals surface area contributed by atoms with E-state index in [1.54, 1.807) is 6.08 Å². The fourth-order valence-electron chi connectivity index (χ4n) is 5.53. The lowest BCUT2D eigenvalue weighted by atomic mass is 9.85. The first kappa shape index (κ1) is 24.0. The molecule has 6 atom stereocenters. The summed E-state index contributed by atoms with van der Waals surface area (Å²) in [6, 6.07) is -1.05. The molecule has 6 unspecified atom stereocenters. The van der Waals surface area contributed by atoms with Crippen LogP contribution in [0.1, 0.15) is 32.1 Å². The van der Waals surface area contributed by atoms with Gasteiger partial charge in [0.05, 0.1) is 6.10 Å². The second kappa shape index (κ2) is 10.4. The molecule has 2 heterocycles. The summed E-state index contributed by atoms with van der Waals surface area (Å²) in [5.74, 6) is -0.214. The minimum absolute atomic E-state index is 0.101. The number of carbonyl (C=O) groups excluding carboxylic acids is 3. The zero-order valence-electron chi connectivity index (χ0n) is 19.2. The number of aliphatic hydroxyl groups is 2. The Bertz CT molecular complexity index is 1020. The number of rotatable bonds is 0. The molecule has 7 heteroatoms. The standard InChI is InChI=1S/C27H32N2O5/c1-16-11-12-19-18-8-3-2-4-10-23(32)28-14-13-22(31)25-26(33)24(27(34)29-25)21(30)9-6-5-7-17(18)15-20(16)19/h2-5,7,10-12,17-20,22,25,31,33H,1,6,8-9,13-15H2,(H,28,32)(H,29,34). The molecule has 7 nitrogen and oxygen atoms in total. The van der Waals surface area contributed by atoms with Crippen LogP contribution in [-0.2, 0) is 14.4 Å². The summed E-state index contributed by atoms with van der Waals surface area (Å²) in [5.41, 5.74) is 0.886. The third-order valence-corrected chi connectivity index (χ3v) is 7.34. The molecular formula is C27H32N2O5. The molecule has 4 aliphatic rings. The van der Waals surface area contributed by atoms with E-state index in [0.717, 1.165) is 12.8 Å². The largest absolute Gasteiger partial charge is 0.509 e. The van der Waals surface area contributed by atoms with Crippen LogP contribution in [0.4, 0.5) is 0 Å². The molecule has 180 valence electrons. The zero-order chi connectivity index (χ0) is 24.2. The van der Waals surface area contributed by atoms with E-state index < -0.39 is 29.6 Å². The van der Waals surface area contributed by atoms with Crippen LogP contribution in [0.15, 0.2) is 72.1 Å². The molecule has 2 bridgehead atoms. The van der Waals surface area contributed by atoms with E-state index >= 15 is 0 Å². The Balaban J connectivity index is 1.53. The topological polar surface area (TPSA) is 116 Å². The predicted molar refractivity (Wildman–Crippen MR) is 128 cm³/mol. The van der Waals surface area contributed by atoms with Crippen molar-refractivity contribution in [2.75, 3.05) is 6.54 Å². The van der Waals surface area contributed by atoms with Crippen molar-refractivity contribution in [3.63, 3.8) is 0 Å². The van der Waals surface area contributed by atoms with Crippen LogP contribution in [0.3, 0.4) is 0 Å². The number of amides is 2. The number of hydrogen-bond donors (Lipinski definition) is 4. The van der Waals surface area contributed by atoms with E-state index in [4.69, 9.17) is 0 Å². The molecule has 1 fully saturated rings. The van der Waals surface area contributed by atoms with Crippen molar-refractivity contribution < 1.29 is 24.6 Å². The van der Waals surface area contributed by atoms with Crippen molar-refractivity contribution >= 4 is 17.6 Å². The lowest BCUT2D eigenvalue weighted by Crippen LogP contribution is -2.41. The smallest absolute Gasteiger partial charge is 0.259 e. The maximum absolute atomic E-state index is 12.7. The van der Waals surface area contributed by atoms with Gasteiger partial charge in [0.15, 0.2) is 5.78 Å². The zero-order valence-corrected chi connectivity index (χ0v) is 19.2. The van der Waals surface area contributed by atoms with Gasteiger partial charge in [-0.25, -0.2) is 0 Å². The highest BCUT2D eigenvalue weighted by molar-refractivity contribution is 6.21. The fourth-order valence-corrected chi connectivity index (χ4v) is 5.53. The molecule has 0 aromatic heterocycles. The van der Waals surface area contributed by atoms with Crippen LogP contribution in [-0.4, -0.2) is 46.5 Å². The van der Waals surface area contributed by atoms with E-state index in [1.165, 1.54) is 11.6 Å². The van der Waals surface area contributed by atoms with Crippen molar-refractivity contribution in [1.82, 2.24) is 10.6 Å². The molecule has 0 spiro atoms. The molecule has 2 aliphatic heterocycles. The quantitative estimate of drug-likeness (QED) is 0.325. The maximum Gasteiger partial charge on any atom is 0.259 e. The number of Topliss-reactive ketones (excluding diaryl/α,β-unsaturated/α-hetero) is 1. The van der Waals surface area contributed by atoms with E-state index in [1.807, 2.05) is 12.2 Å². The number of nitrogens with one attached hydrogen (secondary N) is 2. The van der Waals surface area contributed by atoms with Gasteiger partial charge in [-0.2, -0.15) is 0 Å². The summed E-state index contributed by atoms with van der Waals surface area (Å²) < 4.78 is 0. The number of hydrogen-bond acceptors (Lipinski definition) is 5. The van der Waals surface area contributed by atoms with Gasteiger partial charge >= 0.3 is 0 Å². The number of ketones is 1. The second-order valence-corrected chi connectivity index (χ2v) is 9.45. The molecule has 2 aliphatic carbocycles. The number of allylic oxidation sites excluding steroid dienone is 8. The molecule has 0 aromatic rings. The Labute approximate surface area is 199 Å². The van der Waals surface area contributed by atoms with Gasteiger partial charge in [0.2, 0.25) is 5.91 Å². The number of fused-ring (bicyclic) bond motifs is 4. The molecule has 0 saturated heterocycles. The Morgan fingerprint density at radius 1 is 1.06 bits per heavy atom. The van der Waals surface area contributed by atoms with Gasteiger partial charge in [-0.15, -0.1) is 0 Å². The Hall–Kier alpha value is -3.19. The van der Waals surface area contributed by atoms with Crippen LogP contribution in [0.25, 0.3) is 0 Å². The minimum Gasteiger partial charge on any atom is -0.509 e. The van der Waals surface area contributed by atoms with Crippen molar-refractivity contribution in [3.8, 4) is 0 Å². The minimum atomic E-state index is -1.13. The van der Waals surface area contributed by atoms with Crippen LogP contribution >= 0.6 is 0 Å². The van der Waals surface area contributed by atoms with Crippen molar-refractivity contribution in [2.45, 2.75) is 44.2 Å². The Morgan fingerprint density at radius 2 is 1.88 bits per heavy atom. The van der Waals surface area contributed by atoms with Crippen molar-refractivity contribution in [2.24, 2.45) is 23.7 Å². The summed E-state index contributed by atoms with van der Waals surface area (Å²) in [7, 11) is 0. The molecule has 4 rings (SSSR count). The van der Waals surface area contributed by atoms with Gasteiger partial charge in [-0.05, 0) is 49.4 Å². The summed E-state index contributed by atoms with van der Waals surface area (Å²) in [6.45, 7) is 4.35. The fraction of sp³-hybridized carbons (Fsp3) is 0.444. The first-order valence-electron chi connectivity index (χ1n) is 12.0. The first-order chi connectivity index (χ1) is 16.4. The van der Waals surface area contributed by atoms with Crippen LogP contribution in [0, 0.1) is 23.7 Å². The summed E-state index contributed by atoms with van der Waals surface area (Å²) in [4.78, 5) is 37.0.